The molecule has 4 nitrogen and oxygen atoms in total. The molecule has 6 heteroatoms. The van der Waals surface area contributed by atoms with Gasteiger partial charge in [-0.15, -0.1) is 0 Å². The average molecular weight is 346 g/mol. The molecule has 1 aliphatic heterocycles. The van der Waals surface area contributed by atoms with Crippen LogP contribution in [0.2, 0.25) is 18.1 Å². The maximum Gasteiger partial charge on any atom is 0.410 e. The lowest BCUT2D eigenvalue weighted by molar-refractivity contribution is 0.0107. The predicted octanol–water partition coefficient (Wildman–Crippen LogP) is 4.87. The highest BCUT2D eigenvalue weighted by Gasteiger charge is 2.42. The normalized spacial score (nSPS) is 22.6. The lowest BCUT2D eigenvalue weighted by atomic mass is 10.0. The molecule has 1 rings (SSSR count). The fourth-order valence-corrected chi connectivity index (χ4v) is 5.42. The number of hydrogen-bond donors (Lipinski definition) is 0. The third-order valence-corrected chi connectivity index (χ3v) is 8.93. The Morgan fingerprint density at radius 1 is 1.30 bits per heavy atom. The summed E-state index contributed by atoms with van der Waals surface area (Å²) in [6.07, 6.45) is 1.22. The van der Waals surface area contributed by atoms with Crippen LogP contribution in [-0.4, -0.2) is 43.7 Å². The second-order valence-electron chi connectivity index (χ2n) is 7.47. The van der Waals surface area contributed by atoms with Crippen LogP contribution in [0.5, 0.6) is 0 Å². The Morgan fingerprint density at radius 2 is 1.83 bits per heavy atom. The second-order valence-corrected chi connectivity index (χ2v) is 12.2. The summed E-state index contributed by atoms with van der Waals surface area (Å²) in [5, 5.41) is 0. The van der Waals surface area contributed by atoms with Gasteiger partial charge in [-0.25, -0.2) is 9.18 Å². The molecule has 0 N–H and O–H groups in total. The van der Waals surface area contributed by atoms with Crippen LogP contribution >= 0.6 is 0 Å². The van der Waals surface area contributed by atoms with Crippen molar-refractivity contribution in [3.63, 3.8) is 0 Å². The minimum atomic E-state index is -1.92. The van der Waals surface area contributed by atoms with Crippen molar-refractivity contribution in [1.29, 1.82) is 0 Å². The standard InChI is InChI=1S/C17H32FNO3Si/c1-8-23(9-2,10-3)22-14-11-12-19(13-17(14,7)18)15(20)21-16(4,5)6/h11H,8-10,12-13H2,1-7H3. The summed E-state index contributed by atoms with van der Waals surface area (Å²) in [6, 6.07) is 2.88. The Morgan fingerprint density at radius 3 is 2.22 bits per heavy atom. The van der Waals surface area contributed by atoms with Gasteiger partial charge in [-0.2, -0.15) is 0 Å². The fraction of sp³-hybridized carbons (Fsp3) is 0.824. The van der Waals surface area contributed by atoms with E-state index in [1.54, 1.807) is 26.8 Å². The lowest BCUT2D eigenvalue weighted by Crippen LogP contribution is -2.50. The number of carbonyl (C=O) groups excluding carboxylic acids is 1. The van der Waals surface area contributed by atoms with Crippen molar-refractivity contribution < 1.29 is 18.3 Å². The van der Waals surface area contributed by atoms with E-state index in [1.165, 1.54) is 11.8 Å². The van der Waals surface area contributed by atoms with Crippen molar-refractivity contribution in [3.05, 3.63) is 11.8 Å². The zero-order valence-corrected chi connectivity index (χ0v) is 16.7. The second kappa shape index (κ2) is 7.24. The van der Waals surface area contributed by atoms with Crippen LogP contribution in [0.4, 0.5) is 9.18 Å². The number of ether oxygens (including phenoxy) is 1. The van der Waals surface area contributed by atoms with Crippen molar-refractivity contribution in [2.75, 3.05) is 13.1 Å². The molecule has 0 fully saturated rings. The molecule has 0 radical (unpaired) electrons. The van der Waals surface area contributed by atoms with Gasteiger partial charge in [0.2, 0.25) is 8.32 Å². The molecule has 0 aliphatic carbocycles. The summed E-state index contributed by atoms with van der Waals surface area (Å²) in [5.41, 5.74) is -2.26. The molecule has 1 aliphatic rings. The van der Waals surface area contributed by atoms with Crippen molar-refractivity contribution in [2.45, 2.75) is 77.9 Å². The third-order valence-electron chi connectivity index (χ3n) is 4.41. The maximum absolute atomic E-state index is 15.1. The number of amides is 1. The lowest BCUT2D eigenvalue weighted by Gasteiger charge is -2.40. The van der Waals surface area contributed by atoms with Gasteiger partial charge in [0.1, 0.15) is 11.4 Å². The zero-order chi connectivity index (χ0) is 17.9. The number of halogens is 1. The minimum Gasteiger partial charge on any atom is -0.544 e. The van der Waals surface area contributed by atoms with Gasteiger partial charge in [0.15, 0.2) is 5.67 Å². The molecule has 1 amide bonds. The van der Waals surface area contributed by atoms with Crippen molar-refractivity contribution >= 4 is 14.4 Å². The number of alkyl halides is 1. The number of rotatable bonds is 5. The molecule has 23 heavy (non-hydrogen) atoms. The van der Waals surface area contributed by atoms with Gasteiger partial charge in [-0.3, -0.25) is 0 Å². The summed E-state index contributed by atoms with van der Waals surface area (Å²) in [4.78, 5) is 13.5. The van der Waals surface area contributed by atoms with Crippen molar-refractivity contribution in [1.82, 2.24) is 4.90 Å². The number of carbonyl (C=O) groups is 1. The maximum atomic E-state index is 15.1. The molecular weight excluding hydrogens is 313 g/mol. The first kappa shape index (κ1) is 20.0. The van der Waals surface area contributed by atoms with Crippen LogP contribution in [0.25, 0.3) is 0 Å². The quantitative estimate of drug-likeness (QED) is 0.667. The Hall–Kier alpha value is -1.04. The molecule has 0 aromatic rings. The topological polar surface area (TPSA) is 38.8 Å². The Kier molecular flexibility index (Phi) is 6.30. The van der Waals surface area contributed by atoms with E-state index in [1.807, 2.05) is 0 Å². The molecule has 0 saturated carbocycles. The largest absolute Gasteiger partial charge is 0.544 e. The fourth-order valence-electron chi connectivity index (χ4n) is 2.72. The Labute approximate surface area is 141 Å². The molecule has 0 aromatic carbocycles. The molecule has 0 aromatic heterocycles. The summed E-state index contributed by atoms with van der Waals surface area (Å²) >= 11 is 0. The molecule has 1 atom stereocenters. The molecule has 134 valence electrons. The third kappa shape index (κ3) is 5.23. The van der Waals surface area contributed by atoms with E-state index in [0.29, 0.717) is 12.3 Å². The van der Waals surface area contributed by atoms with E-state index in [-0.39, 0.29) is 6.54 Å². The molecule has 1 heterocycles. The first-order valence-corrected chi connectivity index (χ1v) is 11.1. The van der Waals surface area contributed by atoms with Gasteiger partial charge in [0.05, 0.1) is 6.54 Å². The van der Waals surface area contributed by atoms with Crippen LogP contribution in [0.15, 0.2) is 11.8 Å². The smallest absolute Gasteiger partial charge is 0.410 e. The summed E-state index contributed by atoms with van der Waals surface area (Å²) in [5.74, 6) is 0.398. The van der Waals surface area contributed by atoms with Gasteiger partial charge < -0.3 is 14.1 Å². The predicted molar refractivity (Wildman–Crippen MR) is 93.7 cm³/mol. The summed E-state index contributed by atoms with van der Waals surface area (Å²) in [6.45, 7) is 13.5. The molecule has 0 spiro atoms. The van der Waals surface area contributed by atoms with E-state index in [9.17, 15) is 4.79 Å². The first-order chi connectivity index (χ1) is 10.5. The van der Waals surface area contributed by atoms with Crippen LogP contribution in [0, 0.1) is 0 Å². The molecule has 1 unspecified atom stereocenters. The van der Waals surface area contributed by atoms with Crippen molar-refractivity contribution in [2.24, 2.45) is 0 Å². The highest BCUT2D eigenvalue weighted by molar-refractivity contribution is 6.73. The van der Waals surface area contributed by atoms with Gasteiger partial charge in [0.25, 0.3) is 0 Å². The number of hydrogen-bond acceptors (Lipinski definition) is 3. The SMILES string of the molecule is CC[Si](CC)(CC)OC1=CCN(C(=O)OC(C)(C)C)CC1(C)F. The summed E-state index contributed by atoms with van der Waals surface area (Å²) < 4.78 is 26.6. The Balaban J connectivity index is 2.88. The van der Waals surface area contributed by atoms with E-state index >= 15 is 4.39 Å². The first-order valence-electron chi connectivity index (χ1n) is 8.55. The summed E-state index contributed by atoms with van der Waals surface area (Å²) in [7, 11) is -1.92. The average Bonchev–Trinajstić information content (AvgIpc) is 2.44. The molecule has 0 bridgehead atoms. The van der Waals surface area contributed by atoms with Gasteiger partial charge in [-0.05, 0) is 51.9 Å². The van der Waals surface area contributed by atoms with E-state index < -0.39 is 25.7 Å². The zero-order valence-electron chi connectivity index (χ0n) is 15.7. The van der Waals surface area contributed by atoms with Crippen LogP contribution < -0.4 is 0 Å². The van der Waals surface area contributed by atoms with Crippen LogP contribution in [0.3, 0.4) is 0 Å². The van der Waals surface area contributed by atoms with Gasteiger partial charge in [0, 0.05) is 6.54 Å². The van der Waals surface area contributed by atoms with Crippen LogP contribution in [0.1, 0.15) is 48.5 Å². The number of nitrogens with zero attached hydrogens (tertiary/aromatic N) is 1. The van der Waals surface area contributed by atoms with E-state index in [0.717, 1.165) is 18.1 Å². The van der Waals surface area contributed by atoms with E-state index in [4.69, 9.17) is 9.16 Å². The van der Waals surface area contributed by atoms with Crippen molar-refractivity contribution in [3.8, 4) is 0 Å². The van der Waals surface area contributed by atoms with Gasteiger partial charge in [-0.1, -0.05) is 20.8 Å². The van der Waals surface area contributed by atoms with Gasteiger partial charge >= 0.3 is 6.09 Å². The highest BCUT2D eigenvalue weighted by Crippen LogP contribution is 2.34. The van der Waals surface area contributed by atoms with E-state index in [2.05, 4.69) is 20.8 Å². The molecule has 0 saturated heterocycles. The molecular formula is C17H32FNO3Si. The highest BCUT2D eigenvalue weighted by atomic mass is 28.4. The minimum absolute atomic E-state index is 0.0324. The Bertz CT molecular complexity index is 445. The van der Waals surface area contributed by atoms with Crippen LogP contribution in [-0.2, 0) is 9.16 Å². The monoisotopic (exact) mass is 345 g/mol.